The quantitative estimate of drug-likeness (QED) is 0.641. The summed E-state index contributed by atoms with van der Waals surface area (Å²) in [5.74, 6) is 0.924. The van der Waals surface area contributed by atoms with Crippen molar-refractivity contribution >= 4 is 23.0 Å². The minimum absolute atomic E-state index is 0.0463. The van der Waals surface area contributed by atoms with Gasteiger partial charge in [-0.05, 0) is 23.6 Å². The van der Waals surface area contributed by atoms with E-state index in [2.05, 4.69) is 21.3 Å². The van der Waals surface area contributed by atoms with Crippen molar-refractivity contribution in [2.75, 3.05) is 11.9 Å². The summed E-state index contributed by atoms with van der Waals surface area (Å²) in [4.78, 5) is 7.65. The summed E-state index contributed by atoms with van der Waals surface area (Å²) in [6.07, 6.45) is 1.63. The number of nitrogens with zero attached hydrogens (tertiary/aromatic N) is 2. The summed E-state index contributed by atoms with van der Waals surface area (Å²) in [5.41, 5.74) is 6.03. The van der Waals surface area contributed by atoms with Gasteiger partial charge < -0.3 is 10.6 Å². The van der Waals surface area contributed by atoms with E-state index in [1.165, 1.54) is 4.88 Å². The maximum atomic E-state index is 7.30. The predicted molar refractivity (Wildman–Crippen MR) is 71.7 cm³/mol. The Bertz CT molecular complexity index is 490. The highest BCUT2D eigenvalue weighted by Crippen LogP contribution is 2.16. The van der Waals surface area contributed by atoms with Crippen LogP contribution in [0.5, 0.6) is 0 Å². The molecule has 2 rings (SSSR count). The topological polar surface area (TPSA) is 66.0 Å². The number of hydrogen-bond acceptors (Lipinski definition) is 4. The number of anilines is 1. The lowest BCUT2D eigenvalue weighted by molar-refractivity contribution is 0.912. The van der Waals surface area contributed by atoms with Crippen LogP contribution in [0.4, 0.5) is 5.82 Å². The number of nitrogens with one attached hydrogen (secondary N) is 1. The van der Waals surface area contributed by atoms with Crippen LogP contribution in [-0.4, -0.2) is 17.9 Å². The maximum absolute atomic E-state index is 7.30. The number of rotatable bonds is 4. The van der Waals surface area contributed by atoms with E-state index in [1.807, 2.05) is 25.2 Å². The summed E-state index contributed by atoms with van der Waals surface area (Å²) in [7, 11) is 2.00. The third-order valence-electron chi connectivity index (χ3n) is 2.42. The van der Waals surface area contributed by atoms with E-state index in [4.69, 9.17) is 11.1 Å². The fraction of sp³-hybridized carbons (Fsp3) is 0.167. The Kier molecular flexibility index (Phi) is 3.39. The van der Waals surface area contributed by atoms with E-state index in [-0.39, 0.29) is 5.84 Å². The number of nitrogen functional groups attached to an aromatic ring is 1. The van der Waals surface area contributed by atoms with Gasteiger partial charge in [-0.3, -0.25) is 5.41 Å². The van der Waals surface area contributed by atoms with Crippen LogP contribution in [0.2, 0.25) is 0 Å². The molecule has 0 aromatic carbocycles. The molecule has 0 radical (unpaired) electrons. The summed E-state index contributed by atoms with van der Waals surface area (Å²) in [6, 6.07) is 7.84. The van der Waals surface area contributed by atoms with E-state index in [0.29, 0.717) is 5.56 Å². The number of aromatic nitrogens is 1. The van der Waals surface area contributed by atoms with E-state index in [9.17, 15) is 0 Å². The Morgan fingerprint density at radius 3 is 2.82 bits per heavy atom. The van der Waals surface area contributed by atoms with Gasteiger partial charge in [0.05, 0.1) is 6.54 Å². The Labute approximate surface area is 104 Å². The van der Waals surface area contributed by atoms with Crippen LogP contribution in [0, 0.1) is 5.41 Å². The second kappa shape index (κ2) is 4.97. The average Bonchev–Trinajstić information content (AvgIpc) is 2.82. The van der Waals surface area contributed by atoms with Crippen molar-refractivity contribution in [1.82, 2.24) is 4.98 Å². The van der Waals surface area contributed by atoms with Crippen LogP contribution in [0.1, 0.15) is 10.4 Å². The lowest BCUT2D eigenvalue weighted by atomic mass is 10.2. The van der Waals surface area contributed by atoms with E-state index >= 15 is 0 Å². The first-order valence-electron chi connectivity index (χ1n) is 5.21. The molecular formula is C12H14N4S. The Balaban J connectivity index is 2.09. The smallest absolute Gasteiger partial charge is 0.128 e. The fourth-order valence-electron chi connectivity index (χ4n) is 1.49. The first kappa shape index (κ1) is 11.6. The van der Waals surface area contributed by atoms with E-state index < -0.39 is 0 Å². The zero-order chi connectivity index (χ0) is 12.3. The molecule has 0 bridgehead atoms. The summed E-state index contributed by atoms with van der Waals surface area (Å²) >= 11 is 1.73. The van der Waals surface area contributed by atoms with Gasteiger partial charge >= 0.3 is 0 Å². The third-order valence-corrected chi connectivity index (χ3v) is 3.28. The molecule has 17 heavy (non-hydrogen) atoms. The monoisotopic (exact) mass is 246 g/mol. The highest BCUT2D eigenvalue weighted by atomic mass is 32.1. The van der Waals surface area contributed by atoms with Gasteiger partial charge in [0.1, 0.15) is 11.7 Å². The Morgan fingerprint density at radius 2 is 2.29 bits per heavy atom. The van der Waals surface area contributed by atoms with Crippen molar-refractivity contribution in [3.05, 3.63) is 46.3 Å². The van der Waals surface area contributed by atoms with Gasteiger partial charge in [-0.25, -0.2) is 4.98 Å². The van der Waals surface area contributed by atoms with Gasteiger partial charge in [0.15, 0.2) is 0 Å². The number of amidine groups is 1. The molecule has 0 aliphatic carbocycles. The molecule has 2 heterocycles. The molecule has 0 saturated heterocycles. The standard InChI is InChI=1S/C12H14N4S/c1-16(8-10-3-2-6-17-10)11-5-4-9(7-15-11)12(13)14/h2-7H,8H2,1H3,(H3,13,14). The average molecular weight is 246 g/mol. The van der Waals surface area contributed by atoms with Crippen LogP contribution in [-0.2, 0) is 6.54 Å². The van der Waals surface area contributed by atoms with Crippen LogP contribution in [0.15, 0.2) is 35.8 Å². The van der Waals surface area contributed by atoms with Gasteiger partial charge in [0.25, 0.3) is 0 Å². The van der Waals surface area contributed by atoms with Crippen molar-refractivity contribution < 1.29 is 0 Å². The van der Waals surface area contributed by atoms with Crippen LogP contribution >= 0.6 is 11.3 Å². The largest absolute Gasteiger partial charge is 0.384 e. The molecule has 2 aromatic heterocycles. The van der Waals surface area contributed by atoms with Crippen LogP contribution in [0.25, 0.3) is 0 Å². The van der Waals surface area contributed by atoms with Crippen molar-refractivity contribution in [3.63, 3.8) is 0 Å². The normalized spacial score (nSPS) is 10.2. The lowest BCUT2D eigenvalue weighted by Gasteiger charge is -2.17. The fourth-order valence-corrected chi connectivity index (χ4v) is 2.25. The zero-order valence-corrected chi connectivity index (χ0v) is 10.4. The molecule has 0 saturated carbocycles. The number of thiophene rings is 1. The molecule has 0 fully saturated rings. The van der Waals surface area contributed by atoms with Gasteiger partial charge in [0.2, 0.25) is 0 Å². The van der Waals surface area contributed by atoms with E-state index in [1.54, 1.807) is 17.5 Å². The lowest BCUT2D eigenvalue weighted by Crippen LogP contribution is -2.18. The number of hydrogen-bond donors (Lipinski definition) is 2. The molecule has 0 atom stereocenters. The van der Waals surface area contributed by atoms with Gasteiger partial charge in [-0.2, -0.15) is 0 Å². The van der Waals surface area contributed by atoms with Gasteiger partial charge in [-0.1, -0.05) is 6.07 Å². The second-order valence-corrected chi connectivity index (χ2v) is 4.79. The highest BCUT2D eigenvalue weighted by molar-refractivity contribution is 7.09. The molecule has 5 heteroatoms. The van der Waals surface area contributed by atoms with Crippen molar-refractivity contribution in [1.29, 1.82) is 5.41 Å². The van der Waals surface area contributed by atoms with Crippen molar-refractivity contribution in [2.45, 2.75) is 6.54 Å². The SMILES string of the molecule is CN(Cc1cccs1)c1ccc(C(=N)N)cn1. The van der Waals surface area contributed by atoms with Gasteiger partial charge in [-0.15, -0.1) is 11.3 Å². The van der Waals surface area contributed by atoms with Gasteiger partial charge in [0, 0.05) is 23.7 Å². The predicted octanol–water partition coefficient (Wildman–Crippen LogP) is 2.06. The third kappa shape index (κ3) is 2.82. The Hall–Kier alpha value is -1.88. The van der Waals surface area contributed by atoms with Crippen LogP contribution < -0.4 is 10.6 Å². The molecule has 3 N–H and O–H groups in total. The minimum Gasteiger partial charge on any atom is -0.384 e. The number of nitrogens with two attached hydrogens (primary N) is 1. The maximum Gasteiger partial charge on any atom is 0.128 e. The molecule has 0 unspecified atom stereocenters. The number of pyridine rings is 1. The summed E-state index contributed by atoms with van der Waals surface area (Å²) in [5, 5.41) is 9.36. The first-order valence-corrected chi connectivity index (χ1v) is 6.09. The van der Waals surface area contributed by atoms with Crippen molar-refractivity contribution in [2.24, 2.45) is 5.73 Å². The molecule has 0 amide bonds. The molecule has 4 nitrogen and oxygen atoms in total. The molecule has 0 aliphatic heterocycles. The first-order chi connectivity index (χ1) is 8.16. The molecule has 88 valence electrons. The molecular weight excluding hydrogens is 232 g/mol. The van der Waals surface area contributed by atoms with Crippen LogP contribution in [0.3, 0.4) is 0 Å². The summed E-state index contributed by atoms with van der Waals surface area (Å²) < 4.78 is 0. The summed E-state index contributed by atoms with van der Waals surface area (Å²) in [6.45, 7) is 0.837. The Morgan fingerprint density at radius 1 is 1.47 bits per heavy atom. The minimum atomic E-state index is 0.0463. The molecule has 0 aliphatic rings. The molecule has 2 aromatic rings. The molecule has 0 spiro atoms. The second-order valence-electron chi connectivity index (χ2n) is 3.75. The van der Waals surface area contributed by atoms with Crippen molar-refractivity contribution in [3.8, 4) is 0 Å². The highest BCUT2D eigenvalue weighted by Gasteiger charge is 2.05. The zero-order valence-electron chi connectivity index (χ0n) is 9.55. The van der Waals surface area contributed by atoms with E-state index in [0.717, 1.165) is 12.4 Å².